The van der Waals surface area contributed by atoms with Crippen LogP contribution < -0.4 is 5.32 Å². The highest BCUT2D eigenvalue weighted by molar-refractivity contribution is 6.09. The van der Waals surface area contributed by atoms with Crippen LogP contribution in [0.4, 0.5) is 5.69 Å². The van der Waals surface area contributed by atoms with E-state index < -0.39 is 0 Å². The van der Waals surface area contributed by atoms with Crippen molar-refractivity contribution in [2.75, 3.05) is 31.5 Å². The molecule has 1 fully saturated rings. The van der Waals surface area contributed by atoms with Gasteiger partial charge in [-0.2, -0.15) is 0 Å². The van der Waals surface area contributed by atoms with Crippen LogP contribution in [0.2, 0.25) is 0 Å². The number of hydrogen-bond acceptors (Lipinski definition) is 3. The van der Waals surface area contributed by atoms with Crippen LogP contribution in [-0.4, -0.2) is 47.8 Å². The first-order valence-corrected chi connectivity index (χ1v) is 10.7. The van der Waals surface area contributed by atoms with E-state index in [0.29, 0.717) is 29.9 Å². The zero-order chi connectivity index (χ0) is 21.5. The molecule has 0 bridgehead atoms. The van der Waals surface area contributed by atoms with Crippen LogP contribution in [0.1, 0.15) is 32.7 Å². The molecule has 0 radical (unpaired) electrons. The van der Waals surface area contributed by atoms with Crippen molar-refractivity contribution in [3.8, 4) is 0 Å². The minimum Gasteiger partial charge on any atom is -0.337 e. The van der Waals surface area contributed by atoms with Crippen LogP contribution >= 0.6 is 0 Å². The van der Waals surface area contributed by atoms with Crippen LogP contribution in [0.25, 0.3) is 0 Å². The van der Waals surface area contributed by atoms with Crippen LogP contribution in [0.3, 0.4) is 0 Å². The Hall–Kier alpha value is -3.44. The lowest BCUT2D eigenvalue weighted by atomic mass is 10.1. The van der Waals surface area contributed by atoms with E-state index in [1.807, 2.05) is 41.3 Å². The van der Waals surface area contributed by atoms with Gasteiger partial charge in [0.2, 0.25) is 0 Å². The number of hydrogen-bond donors (Lipinski definition) is 1. The van der Waals surface area contributed by atoms with Crippen LogP contribution in [0.15, 0.2) is 84.9 Å². The Morgan fingerprint density at radius 2 is 1.42 bits per heavy atom. The van der Waals surface area contributed by atoms with Gasteiger partial charge in [-0.05, 0) is 36.2 Å². The van der Waals surface area contributed by atoms with Gasteiger partial charge in [0.15, 0.2) is 0 Å². The molecule has 0 spiro atoms. The lowest BCUT2D eigenvalue weighted by molar-refractivity contribution is 0.0762. The normalized spacial score (nSPS) is 14.6. The van der Waals surface area contributed by atoms with E-state index in [0.717, 1.165) is 26.1 Å². The average Bonchev–Trinajstić information content (AvgIpc) is 3.06. The fraction of sp³-hybridized carbons (Fsp3) is 0.231. The molecule has 3 aromatic rings. The summed E-state index contributed by atoms with van der Waals surface area (Å²) in [4.78, 5) is 30.2. The van der Waals surface area contributed by atoms with E-state index in [1.54, 1.807) is 24.3 Å². The van der Waals surface area contributed by atoms with Gasteiger partial charge in [0.25, 0.3) is 11.8 Å². The largest absolute Gasteiger partial charge is 0.337 e. The van der Waals surface area contributed by atoms with Gasteiger partial charge in [0, 0.05) is 38.3 Å². The molecule has 0 unspecified atom stereocenters. The maximum absolute atomic E-state index is 13.3. The molecule has 3 aromatic carbocycles. The van der Waals surface area contributed by atoms with Gasteiger partial charge in [-0.3, -0.25) is 14.5 Å². The first-order valence-electron chi connectivity index (χ1n) is 10.7. The van der Waals surface area contributed by atoms with Crippen LogP contribution in [-0.2, 0) is 6.54 Å². The second kappa shape index (κ2) is 10.0. The standard InChI is InChI=1S/C26H27N3O2/c30-25(22-12-5-2-6-13-22)27-24-15-8-7-14-23(24)26(31)29-17-9-16-28(18-19-29)20-21-10-3-1-4-11-21/h1-8,10-15H,9,16-20H2,(H,27,30). The average molecular weight is 414 g/mol. The number of carbonyl (C=O) groups is 2. The fourth-order valence-corrected chi connectivity index (χ4v) is 3.91. The predicted octanol–water partition coefficient (Wildman–Crippen LogP) is 4.29. The molecular weight excluding hydrogens is 386 g/mol. The monoisotopic (exact) mass is 413 g/mol. The zero-order valence-corrected chi connectivity index (χ0v) is 17.5. The van der Waals surface area contributed by atoms with E-state index in [9.17, 15) is 9.59 Å². The van der Waals surface area contributed by atoms with Crippen molar-refractivity contribution < 1.29 is 9.59 Å². The second-order valence-corrected chi connectivity index (χ2v) is 7.77. The quantitative estimate of drug-likeness (QED) is 0.679. The van der Waals surface area contributed by atoms with Crippen molar-refractivity contribution in [3.63, 3.8) is 0 Å². The van der Waals surface area contributed by atoms with Gasteiger partial charge in [0.05, 0.1) is 11.3 Å². The third-order valence-electron chi connectivity index (χ3n) is 5.57. The lowest BCUT2D eigenvalue weighted by Gasteiger charge is -2.23. The number of carbonyl (C=O) groups excluding carboxylic acids is 2. The van der Waals surface area contributed by atoms with Crippen molar-refractivity contribution in [2.24, 2.45) is 0 Å². The number of benzene rings is 3. The third kappa shape index (κ3) is 5.38. The Labute approximate surface area is 183 Å². The third-order valence-corrected chi connectivity index (χ3v) is 5.57. The Kier molecular flexibility index (Phi) is 6.75. The van der Waals surface area contributed by atoms with Gasteiger partial charge in [-0.1, -0.05) is 60.7 Å². The van der Waals surface area contributed by atoms with E-state index in [2.05, 4.69) is 34.5 Å². The summed E-state index contributed by atoms with van der Waals surface area (Å²) in [5.41, 5.74) is 2.93. The summed E-state index contributed by atoms with van der Waals surface area (Å²) in [6.45, 7) is 4.08. The van der Waals surface area contributed by atoms with Crippen molar-refractivity contribution in [1.82, 2.24) is 9.80 Å². The molecule has 0 atom stereocenters. The molecule has 2 amide bonds. The van der Waals surface area contributed by atoms with Gasteiger partial charge in [-0.15, -0.1) is 0 Å². The number of anilines is 1. The molecule has 4 rings (SSSR count). The number of nitrogens with zero attached hydrogens (tertiary/aromatic N) is 2. The summed E-state index contributed by atoms with van der Waals surface area (Å²) in [5.74, 6) is -0.253. The number of nitrogens with one attached hydrogen (secondary N) is 1. The molecular formula is C26H27N3O2. The highest BCUT2D eigenvalue weighted by atomic mass is 16.2. The van der Waals surface area contributed by atoms with Crippen LogP contribution in [0, 0.1) is 0 Å². The van der Waals surface area contributed by atoms with Crippen molar-refractivity contribution >= 4 is 17.5 Å². The van der Waals surface area contributed by atoms with Crippen LogP contribution in [0.5, 0.6) is 0 Å². The molecule has 5 heteroatoms. The second-order valence-electron chi connectivity index (χ2n) is 7.77. The maximum Gasteiger partial charge on any atom is 0.256 e. The molecule has 1 aliphatic heterocycles. The van der Waals surface area contributed by atoms with Crippen molar-refractivity contribution in [3.05, 3.63) is 102 Å². The zero-order valence-electron chi connectivity index (χ0n) is 17.5. The molecule has 5 nitrogen and oxygen atoms in total. The van der Waals surface area contributed by atoms with Gasteiger partial charge in [-0.25, -0.2) is 0 Å². The minimum absolute atomic E-state index is 0.0366. The Balaban J connectivity index is 1.43. The smallest absolute Gasteiger partial charge is 0.256 e. The summed E-state index contributed by atoms with van der Waals surface area (Å²) in [6.07, 6.45) is 0.928. The minimum atomic E-state index is -0.217. The molecule has 1 heterocycles. The molecule has 1 saturated heterocycles. The van der Waals surface area contributed by atoms with Crippen molar-refractivity contribution in [2.45, 2.75) is 13.0 Å². The highest BCUT2D eigenvalue weighted by Gasteiger charge is 2.23. The molecule has 1 aliphatic rings. The first kappa shape index (κ1) is 20.8. The summed E-state index contributed by atoms with van der Waals surface area (Å²) < 4.78 is 0. The number of para-hydroxylation sites is 1. The highest BCUT2D eigenvalue weighted by Crippen LogP contribution is 2.20. The summed E-state index contributed by atoms with van der Waals surface area (Å²) in [6, 6.07) is 26.7. The predicted molar refractivity (Wildman–Crippen MR) is 123 cm³/mol. The van der Waals surface area contributed by atoms with E-state index in [1.165, 1.54) is 5.56 Å². The molecule has 31 heavy (non-hydrogen) atoms. The molecule has 0 aliphatic carbocycles. The van der Waals surface area contributed by atoms with E-state index in [-0.39, 0.29) is 11.8 Å². The maximum atomic E-state index is 13.3. The molecule has 0 saturated carbocycles. The van der Waals surface area contributed by atoms with E-state index in [4.69, 9.17) is 0 Å². The SMILES string of the molecule is O=C(Nc1ccccc1C(=O)N1CCCN(Cc2ccccc2)CC1)c1ccccc1. The Morgan fingerprint density at radius 1 is 0.742 bits per heavy atom. The summed E-state index contributed by atoms with van der Waals surface area (Å²) >= 11 is 0. The van der Waals surface area contributed by atoms with Gasteiger partial charge >= 0.3 is 0 Å². The Bertz CT molecular complexity index is 1020. The fourth-order valence-electron chi connectivity index (χ4n) is 3.91. The molecule has 1 N–H and O–H groups in total. The molecule has 158 valence electrons. The summed E-state index contributed by atoms with van der Waals surface area (Å²) in [7, 11) is 0. The molecule has 0 aromatic heterocycles. The van der Waals surface area contributed by atoms with Gasteiger partial charge < -0.3 is 10.2 Å². The first-order chi connectivity index (χ1) is 15.2. The number of amides is 2. The number of rotatable bonds is 5. The lowest BCUT2D eigenvalue weighted by Crippen LogP contribution is -2.35. The Morgan fingerprint density at radius 3 is 2.19 bits per heavy atom. The van der Waals surface area contributed by atoms with E-state index >= 15 is 0 Å². The summed E-state index contributed by atoms with van der Waals surface area (Å²) in [5, 5.41) is 2.91. The van der Waals surface area contributed by atoms with Gasteiger partial charge in [0.1, 0.15) is 0 Å². The topological polar surface area (TPSA) is 52.7 Å². The van der Waals surface area contributed by atoms with Crippen molar-refractivity contribution in [1.29, 1.82) is 0 Å².